The number of aryl methyl sites for hydroxylation is 1. The second-order valence-electron chi connectivity index (χ2n) is 9.01. The number of hydrogen-bond donors (Lipinski definition) is 0. The van der Waals surface area contributed by atoms with E-state index in [4.69, 9.17) is 0 Å². The van der Waals surface area contributed by atoms with E-state index in [1.165, 1.54) is 0 Å². The molecule has 37 heavy (non-hydrogen) atoms. The number of hydrogen-bond acceptors (Lipinski definition) is 3. The van der Waals surface area contributed by atoms with Crippen LogP contribution in [0.3, 0.4) is 0 Å². The van der Waals surface area contributed by atoms with Crippen LogP contribution in [0.25, 0.3) is 0 Å². The van der Waals surface area contributed by atoms with Gasteiger partial charge in [-0.25, -0.2) is 0 Å². The monoisotopic (exact) mass is 572 g/mol. The lowest BCUT2D eigenvalue weighted by atomic mass is 10.0. The number of carbonyl (C=O) groups excluding carboxylic acids is 1. The van der Waals surface area contributed by atoms with Gasteiger partial charge in [0.1, 0.15) is 11.9 Å². The van der Waals surface area contributed by atoms with Gasteiger partial charge in [-0.1, -0.05) is 112 Å². The maximum Gasteiger partial charge on any atom is 0.283 e. The van der Waals surface area contributed by atoms with Crippen molar-refractivity contribution in [3.63, 3.8) is 0 Å². The molecule has 186 valence electrons. The van der Waals surface area contributed by atoms with Crippen molar-refractivity contribution in [1.29, 1.82) is 0 Å². The number of ketones is 1. The summed E-state index contributed by atoms with van der Waals surface area (Å²) in [7, 11) is -4.01. The summed E-state index contributed by atoms with van der Waals surface area (Å²) in [6.45, 7) is 1.90. The van der Waals surface area contributed by atoms with E-state index in [0.717, 1.165) is 21.2 Å². The summed E-state index contributed by atoms with van der Waals surface area (Å²) < 4.78 is 32.0. The molecule has 1 aliphatic heterocycles. The third kappa shape index (κ3) is 5.43. The van der Waals surface area contributed by atoms with Gasteiger partial charge in [-0.3, -0.25) is 4.79 Å². The fourth-order valence-corrected chi connectivity index (χ4v) is 6.02. The van der Waals surface area contributed by atoms with Crippen molar-refractivity contribution < 1.29 is 13.2 Å². The van der Waals surface area contributed by atoms with Gasteiger partial charge in [0.25, 0.3) is 10.0 Å². The molecule has 5 rings (SSSR count). The molecule has 2 atom stereocenters. The minimum atomic E-state index is -4.01. The van der Waals surface area contributed by atoms with Gasteiger partial charge >= 0.3 is 0 Å². The summed E-state index contributed by atoms with van der Waals surface area (Å²) in [5.74, 6) is 0.261. The Balaban J connectivity index is 1.62. The van der Waals surface area contributed by atoms with Crippen molar-refractivity contribution >= 4 is 37.6 Å². The Morgan fingerprint density at radius 2 is 1.43 bits per heavy atom. The lowest BCUT2D eigenvalue weighted by molar-refractivity contribution is 0.0980. The third-order valence-electron chi connectivity index (χ3n) is 6.41. The van der Waals surface area contributed by atoms with Crippen LogP contribution in [0.1, 0.15) is 33.1 Å². The molecule has 0 amide bonds. The van der Waals surface area contributed by atoms with Gasteiger partial charge in [0, 0.05) is 16.5 Å². The van der Waals surface area contributed by atoms with E-state index in [2.05, 4.69) is 20.3 Å². The highest BCUT2D eigenvalue weighted by Gasteiger charge is 2.55. The van der Waals surface area contributed by atoms with E-state index in [1.54, 1.807) is 36.4 Å². The molecule has 0 radical (unpaired) electrons. The predicted molar refractivity (Wildman–Crippen MR) is 149 cm³/mol. The Morgan fingerprint density at radius 3 is 2.08 bits per heavy atom. The highest BCUT2D eigenvalue weighted by molar-refractivity contribution is 9.10. The second kappa shape index (κ2) is 10.4. The van der Waals surface area contributed by atoms with E-state index in [9.17, 15) is 13.2 Å². The lowest BCUT2D eigenvalue weighted by Crippen LogP contribution is -2.22. The molecular weight excluding hydrogens is 548 g/mol. The zero-order valence-electron chi connectivity index (χ0n) is 20.2. The predicted octanol–water partition coefficient (Wildman–Crippen LogP) is 6.40. The first-order valence-electron chi connectivity index (χ1n) is 11.9. The average molecular weight is 574 g/mol. The Morgan fingerprint density at radius 1 is 0.838 bits per heavy atom. The summed E-state index contributed by atoms with van der Waals surface area (Å²) in [5, 5.41) is 0. The molecule has 4 aromatic rings. The van der Waals surface area contributed by atoms with Crippen LogP contribution >= 0.6 is 15.9 Å². The Kier molecular flexibility index (Phi) is 7.09. The minimum absolute atomic E-state index is 0.0742. The first-order chi connectivity index (χ1) is 17.8. The molecule has 0 N–H and O–H groups in total. The quantitative estimate of drug-likeness (QED) is 0.111. The number of rotatable bonds is 7. The summed E-state index contributed by atoms with van der Waals surface area (Å²) in [5.41, 5.74) is 3.35. The Bertz CT molecular complexity index is 1550. The SMILES string of the molecule is Cc1ccc(S(=O)(=O)/N=C(/Cc2ccccc2)N2[C@H](C(=O)c3ccccc3)[C@H]2c2ccccc2Br)cc1. The van der Waals surface area contributed by atoms with Crippen LogP contribution in [0, 0.1) is 6.92 Å². The van der Waals surface area contributed by atoms with Crippen molar-refractivity contribution in [3.05, 3.63) is 136 Å². The van der Waals surface area contributed by atoms with Gasteiger partial charge in [-0.05, 0) is 36.2 Å². The number of halogens is 1. The standard InChI is InChI=1S/C30H25BrN2O3S/c1-21-16-18-24(19-17-21)37(35,36)32-27(20-22-10-4-2-5-11-22)33-28(25-14-8-9-15-26(25)31)29(33)30(34)23-12-6-3-7-13-23/h2-19,28-29H,20H2,1H3/b32-27-/t28-,29+,33?/m1/s1. The van der Waals surface area contributed by atoms with Crippen LogP contribution in [0.15, 0.2) is 123 Å². The van der Waals surface area contributed by atoms with Crippen LogP contribution in [0.4, 0.5) is 0 Å². The molecule has 4 aromatic carbocycles. The normalized spacial score (nSPS) is 17.5. The van der Waals surface area contributed by atoms with E-state index in [1.807, 2.05) is 84.6 Å². The van der Waals surface area contributed by atoms with E-state index >= 15 is 0 Å². The van der Waals surface area contributed by atoms with Crippen LogP contribution in [0.2, 0.25) is 0 Å². The number of Topliss-reactive ketones (excluding diaryl/α,β-unsaturated/α-hetero) is 1. The van der Waals surface area contributed by atoms with Gasteiger partial charge in [0.05, 0.1) is 10.9 Å². The summed E-state index contributed by atoms with van der Waals surface area (Å²) in [6, 6.07) is 32.1. The van der Waals surface area contributed by atoms with Gasteiger partial charge in [-0.2, -0.15) is 8.42 Å². The molecule has 1 saturated heterocycles. The maximum absolute atomic E-state index is 13.7. The van der Waals surface area contributed by atoms with Crippen molar-refractivity contribution in [3.8, 4) is 0 Å². The van der Waals surface area contributed by atoms with E-state index in [0.29, 0.717) is 11.4 Å². The van der Waals surface area contributed by atoms with Crippen molar-refractivity contribution in [2.75, 3.05) is 0 Å². The number of carbonyl (C=O) groups is 1. The molecule has 0 aliphatic carbocycles. The van der Waals surface area contributed by atoms with Crippen molar-refractivity contribution in [1.82, 2.24) is 4.90 Å². The van der Waals surface area contributed by atoms with Crippen molar-refractivity contribution in [2.24, 2.45) is 4.40 Å². The molecule has 5 nitrogen and oxygen atoms in total. The van der Waals surface area contributed by atoms with Crippen LogP contribution in [-0.2, 0) is 16.4 Å². The van der Waals surface area contributed by atoms with E-state index < -0.39 is 16.1 Å². The third-order valence-corrected chi connectivity index (χ3v) is 8.45. The van der Waals surface area contributed by atoms with Crippen LogP contribution in [0.5, 0.6) is 0 Å². The van der Waals surface area contributed by atoms with Gasteiger partial charge in [-0.15, -0.1) is 4.40 Å². The largest absolute Gasteiger partial charge is 0.337 e. The molecule has 1 aliphatic rings. The zero-order chi connectivity index (χ0) is 26.0. The fourth-order valence-electron chi connectivity index (χ4n) is 4.48. The molecule has 7 heteroatoms. The topological polar surface area (TPSA) is 66.6 Å². The number of sulfonamides is 1. The molecule has 1 fully saturated rings. The zero-order valence-corrected chi connectivity index (χ0v) is 22.6. The molecule has 0 unspecified atom stereocenters. The maximum atomic E-state index is 13.7. The lowest BCUT2D eigenvalue weighted by Gasteiger charge is -2.12. The van der Waals surface area contributed by atoms with Crippen molar-refractivity contribution in [2.45, 2.75) is 30.3 Å². The first-order valence-corrected chi connectivity index (χ1v) is 14.1. The first kappa shape index (κ1) is 25.1. The fraction of sp³-hybridized carbons (Fsp3) is 0.133. The molecule has 0 aromatic heterocycles. The number of benzene rings is 4. The molecular formula is C30H25BrN2O3S. The number of amidine groups is 1. The summed E-state index contributed by atoms with van der Waals surface area (Å²) >= 11 is 3.62. The molecule has 0 bridgehead atoms. The van der Waals surface area contributed by atoms with Gasteiger partial charge in [0.15, 0.2) is 5.78 Å². The molecule has 0 saturated carbocycles. The Labute approximate surface area is 225 Å². The van der Waals surface area contributed by atoms with Gasteiger partial charge < -0.3 is 4.90 Å². The van der Waals surface area contributed by atoms with E-state index in [-0.39, 0.29) is 23.1 Å². The van der Waals surface area contributed by atoms with Crippen LogP contribution in [-0.4, -0.2) is 31.0 Å². The van der Waals surface area contributed by atoms with Gasteiger partial charge in [0.2, 0.25) is 0 Å². The smallest absolute Gasteiger partial charge is 0.283 e. The average Bonchev–Trinajstić information content (AvgIpc) is 3.65. The summed E-state index contributed by atoms with van der Waals surface area (Å²) in [6.07, 6.45) is 0.269. The van der Waals surface area contributed by atoms with Crippen LogP contribution < -0.4 is 0 Å². The second-order valence-corrected chi connectivity index (χ2v) is 11.5. The molecule has 0 spiro atoms. The Hall–Kier alpha value is -3.55. The molecule has 1 heterocycles. The summed E-state index contributed by atoms with van der Waals surface area (Å²) in [4.78, 5) is 15.6. The number of nitrogens with zero attached hydrogens (tertiary/aromatic N) is 2. The minimum Gasteiger partial charge on any atom is -0.337 e. The highest BCUT2D eigenvalue weighted by atomic mass is 79.9. The highest BCUT2D eigenvalue weighted by Crippen LogP contribution is 2.48.